The molecule has 2 N–H and O–H groups in total. The van der Waals surface area contributed by atoms with Gasteiger partial charge >= 0.3 is 0 Å². The first-order chi connectivity index (χ1) is 12.5. The number of benzene rings is 2. The van der Waals surface area contributed by atoms with Crippen LogP contribution in [-0.2, 0) is 10.0 Å². The largest absolute Gasteiger partial charge is 0.505 e. The number of aromatic nitrogens is 4. The van der Waals surface area contributed by atoms with Gasteiger partial charge in [0.2, 0.25) is 0 Å². The zero-order valence-electron chi connectivity index (χ0n) is 13.4. The zero-order chi connectivity index (χ0) is 18.3. The maximum atomic E-state index is 12.6. The summed E-state index contributed by atoms with van der Waals surface area (Å²) in [6, 6.07) is 11.2. The van der Waals surface area contributed by atoms with Crippen molar-refractivity contribution in [1.29, 1.82) is 0 Å². The number of phenols is 1. The van der Waals surface area contributed by atoms with E-state index < -0.39 is 15.8 Å². The Morgan fingerprint density at radius 1 is 1.19 bits per heavy atom. The van der Waals surface area contributed by atoms with E-state index in [1.807, 2.05) is 0 Å². The molecule has 0 saturated heterocycles. The van der Waals surface area contributed by atoms with Gasteiger partial charge in [-0.3, -0.25) is 4.72 Å². The highest BCUT2D eigenvalue weighted by Crippen LogP contribution is 2.37. The van der Waals surface area contributed by atoms with Crippen molar-refractivity contribution >= 4 is 27.3 Å². The summed E-state index contributed by atoms with van der Waals surface area (Å²) in [5.41, 5.74) is 1.02. The van der Waals surface area contributed by atoms with Crippen LogP contribution >= 0.6 is 11.6 Å². The van der Waals surface area contributed by atoms with E-state index in [0.29, 0.717) is 23.1 Å². The lowest BCUT2D eigenvalue weighted by Crippen LogP contribution is -2.13. The highest BCUT2D eigenvalue weighted by molar-refractivity contribution is 7.92. The normalized spacial score (nSPS) is 14.3. The number of hydrogen-bond donors (Lipinski definition) is 2. The van der Waals surface area contributed by atoms with Crippen molar-refractivity contribution in [2.75, 3.05) is 4.72 Å². The summed E-state index contributed by atoms with van der Waals surface area (Å²) in [6.07, 6.45) is 2.05. The van der Waals surface area contributed by atoms with E-state index in [2.05, 4.69) is 20.2 Å². The fourth-order valence-electron chi connectivity index (χ4n) is 2.59. The van der Waals surface area contributed by atoms with Crippen LogP contribution in [0.3, 0.4) is 0 Å². The van der Waals surface area contributed by atoms with Gasteiger partial charge in [0, 0.05) is 11.3 Å². The molecule has 0 amide bonds. The fourth-order valence-corrected chi connectivity index (χ4v) is 3.99. The Balaban J connectivity index is 1.67. The number of tetrazole rings is 1. The highest BCUT2D eigenvalue weighted by Gasteiger charge is 2.28. The quantitative estimate of drug-likeness (QED) is 0.692. The van der Waals surface area contributed by atoms with Crippen molar-refractivity contribution in [3.63, 3.8) is 0 Å². The predicted octanol–water partition coefficient (Wildman–Crippen LogP) is 2.83. The summed E-state index contributed by atoms with van der Waals surface area (Å²) < 4.78 is 29.4. The Bertz CT molecular complexity index is 1080. The van der Waals surface area contributed by atoms with Crippen LogP contribution in [0.5, 0.6) is 5.75 Å². The SMILES string of the molecule is O=S(=O)(Nc1cccc(-c2nnnn2C2CC2)c1)c1cccc(Cl)c1O. The second kappa shape index (κ2) is 6.26. The van der Waals surface area contributed by atoms with Crippen LogP contribution < -0.4 is 4.72 Å². The summed E-state index contributed by atoms with van der Waals surface area (Å²) in [5, 5.41) is 21.6. The fraction of sp³-hybridized carbons (Fsp3) is 0.188. The number of nitrogens with one attached hydrogen (secondary N) is 1. The third-order valence-electron chi connectivity index (χ3n) is 4.00. The van der Waals surface area contributed by atoms with Gasteiger partial charge < -0.3 is 5.11 Å². The number of sulfonamides is 1. The van der Waals surface area contributed by atoms with Crippen molar-refractivity contribution in [3.8, 4) is 17.1 Å². The third-order valence-corrected chi connectivity index (χ3v) is 5.72. The molecule has 134 valence electrons. The van der Waals surface area contributed by atoms with Gasteiger partial charge in [0.25, 0.3) is 10.0 Å². The van der Waals surface area contributed by atoms with Gasteiger partial charge in [-0.2, -0.15) is 0 Å². The third kappa shape index (κ3) is 3.11. The molecule has 0 atom stereocenters. The topological polar surface area (TPSA) is 110 Å². The number of nitrogens with zero attached hydrogens (tertiary/aromatic N) is 4. The zero-order valence-corrected chi connectivity index (χ0v) is 14.9. The second-order valence-electron chi connectivity index (χ2n) is 5.95. The first-order valence-electron chi connectivity index (χ1n) is 7.84. The number of anilines is 1. The molecular formula is C16H14ClN5O3S. The highest BCUT2D eigenvalue weighted by atomic mass is 35.5. The smallest absolute Gasteiger partial charge is 0.265 e. The molecular weight excluding hydrogens is 378 g/mol. The molecule has 0 bridgehead atoms. The lowest BCUT2D eigenvalue weighted by molar-refractivity contribution is 0.459. The van der Waals surface area contributed by atoms with Crippen molar-refractivity contribution in [3.05, 3.63) is 47.5 Å². The number of para-hydroxylation sites is 1. The molecule has 3 aromatic rings. The van der Waals surface area contributed by atoms with Gasteiger partial charge in [-0.25, -0.2) is 13.1 Å². The maximum absolute atomic E-state index is 12.6. The van der Waals surface area contributed by atoms with E-state index in [1.54, 1.807) is 28.9 Å². The number of phenolic OH excluding ortho intramolecular Hbond substituents is 1. The number of rotatable bonds is 5. The average Bonchev–Trinajstić information content (AvgIpc) is 3.33. The summed E-state index contributed by atoms with van der Waals surface area (Å²) in [4.78, 5) is -0.293. The number of halogens is 1. The maximum Gasteiger partial charge on any atom is 0.265 e. The van der Waals surface area contributed by atoms with Crippen molar-refractivity contribution < 1.29 is 13.5 Å². The van der Waals surface area contributed by atoms with E-state index in [1.165, 1.54) is 18.2 Å². The standard InChI is InChI=1S/C16H14ClN5O3S/c17-13-5-2-6-14(15(13)23)26(24,25)19-11-4-1-3-10(9-11)16-18-20-21-22(16)12-7-8-12/h1-6,9,12,19,23H,7-8H2. The number of hydrogen-bond acceptors (Lipinski definition) is 6. The van der Waals surface area contributed by atoms with Gasteiger partial charge in [0.15, 0.2) is 11.6 Å². The molecule has 0 aliphatic heterocycles. The molecule has 4 rings (SSSR count). The van der Waals surface area contributed by atoms with E-state index in [9.17, 15) is 13.5 Å². The van der Waals surface area contributed by atoms with E-state index in [-0.39, 0.29) is 9.92 Å². The Labute approximate surface area is 154 Å². The molecule has 1 aliphatic carbocycles. The Morgan fingerprint density at radius 2 is 1.96 bits per heavy atom. The first-order valence-corrected chi connectivity index (χ1v) is 9.70. The summed E-state index contributed by atoms with van der Waals surface area (Å²) >= 11 is 5.80. The van der Waals surface area contributed by atoms with Gasteiger partial charge in [0.1, 0.15) is 4.90 Å². The predicted molar refractivity (Wildman–Crippen MR) is 95.4 cm³/mol. The van der Waals surface area contributed by atoms with Crippen LogP contribution in [-0.4, -0.2) is 33.7 Å². The summed E-state index contributed by atoms with van der Waals surface area (Å²) in [7, 11) is -4.01. The van der Waals surface area contributed by atoms with E-state index in [4.69, 9.17) is 11.6 Å². The monoisotopic (exact) mass is 391 g/mol. The average molecular weight is 392 g/mol. The lowest BCUT2D eigenvalue weighted by Gasteiger charge is -2.11. The van der Waals surface area contributed by atoms with Gasteiger partial charge in [0.05, 0.1) is 11.1 Å². The molecule has 2 aromatic carbocycles. The molecule has 1 aliphatic rings. The van der Waals surface area contributed by atoms with E-state index >= 15 is 0 Å². The molecule has 0 radical (unpaired) electrons. The minimum atomic E-state index is -4.01. The molecule has 1 heterocycles. The van der Waals surface area contributed by atoms with Gasteiger partial charge in [-0.1, -0.05) is 29.8 Å². The molecule has 10 heteroatoms. The number of aromatic hydroxyl groups is 1. The minimum Gasteiger partial charge on any atom is -0.505 e. The molecule has 0 unspecified atom stereocenters. The van der Waals surface area contributed by atoms with Crippen LogP contribution in [0.2, 0.25) is 5.02 Å². The van der Waals surface area contributed by atoms with Crippen molar-refractivity contribution in [2.45, 2.75) is 23.8 Å². The molecule has 1 aromatic heterocycles. The van der Waals surface area contributed by atoms with Crippen LogP contribution in [0, 0.1) is 0 Å². The van der Waals surface area contributed by atoms with Gasteiger partial charge in [-0.05, 0) is 47.5 Å². The van der Waals surface area contributed by atoms with Crippen molar-refractivity contribution in [1.82, 2.24) is 20.2 Å². The van der Waals surface area contributed by atoms with Crippen LogP contribution in [0.25, 0.3) is 11.4 Å². The van der Waals surface area contributed by atoms with Crippen LogP contribution in [0.15, 0.2) is 47.4 Å². The summed E-state index contributed by atoms with van der Waals surface area (Å²) in [6.45, 7) is 0. The van der Waals surface area contributed by atoms with Crippen LogP contribution in [0.1, 0.15) is 18.9 Å². The second-order valence-corrected chi connectivity index (χ2v) is 8.01. The Morgan fingerprint density at radius 3 is 2.73 bits per heavy atom. The Hall–Kier alpha value is -2.65. The molecule has 1 saturated carbocycles. The van der Waals surface area contributed by atoms with E-state index in [0.717, 1.165) is 12.8 Å². The molecule has 0 spiro atoms. The van der Waals surface area contributed by atoms with Crippen LogP contribution in [0.4, 0.5) is 5.69 Å². The Kier molecular flexibility index (Phi) is 4.04. The minimum absolute atomic E-state index is 0.0368. The molecule has 26 heavy (non-hydrogen) atoms. The molecule has 1 fully saturated rings. The molecule has 8 nitrogen and oxygen atoms in total. The van der Waals surface area contributed by atoms with Crippen molar-refractivity contribution in [2.24, 2.45) is 0 Å². The summed E-state index contributed by atoms with van der Waals surface area (Å²) in [5.74, 6) is 0.0923. The lowest BCUT2D eigenvalue weighted by atomic mass is 10.2. The van der Waals surface area contributed by atoms with Gasteiger partial charge in [-0.15, -0.1) is 5.10 Å². The first kappa shape index (κ1) is 16.8.